The second-order valence-electron chi connectivity index (χ2n) is 4.69. The van der Waals surface area contributed by atoms with Crippen molar-refractivity contribution in [3.8, 4) is 0 Å². The zero-order valence-electron chi connectivity index (χ0n) is 11.3. The third-order valence-corrected chi connectivity index (χ3v) is 4.68. The molecule has 0 aliphatic carbocycles. The standard InChI is InChI=1S/C13H18N2O4S/c1-14-13(16)11-2-4-12(5-3-11)20(17,18)15-8-10-6-7-19-9-10/h2-5,10,15H,6-9H2,1H3,(H,14,16). The number of hydrogen-bond donors (Lipinski definition) is 2. The predicted octanol–water partition coefficient (Wildman–Crippen LogP) is 0.361. The highest BCUT2D eigenvalue weighted by molar-refractivity contribution is 7.89. The quantitative estimate of drug-likeness (QED) is 0.822. The van der Waals surface area contributed by atoms with Crippen LogP contribution in [0.2, 0.25) is 0 Å². The first-order valence-electron chi connectivity index (χ1n) is 6.42. The van der Waals surface area contributed by atoms with Gasteiger partial charge in [-0.2, -0.15) is 0 Å². The number of carbonyl (C=O) groups excluding carboxylic acids is 1. The maximum atomic E-state index is 12.1. The van der Waals surface area contributed by atoms with E-state index in [4.69, 9.17) is 4.74 Å². The summed E-state index contributed by atoms with van der Waals surface area (Å²) in [7, 11) is -2.01. The number of nitrogens with one attached hydrogen (secondary N) is 2. The molecule has 1 heterocycles. The molecule has 0 bridgehead atoms. The van der Waals surface area contributed by atoms with Crippen LogP contribution >= 0.6 is 0 Å². The van der Waals surface area contributed by atoms with Gasteiger partial charge in [-0.25, -0.2) is 13.1 Å². The molecule has 2 rings (SSSR count). The Balaban J connectivity index is 2.03. The average Bonchev–Trinajstić information content (AvgIpc) is 2.98. The molecule has 1 fully saturated rings. The maximum absolute atomic E-state index is 12.1. The Labute approximate surface area is 118 Å². The Morgan fingerprint density at radius 3 is 2.60 bits per heavy atom. The van der Waals surface area contributed by atoms with Crippen molar-refractivity contribution in [3.05, 3.63) is 29.8 Å². The molecule has 1 unspecified atom stereocenters. The lowest BCUT2D eigenvalue weighted by Gasteiger charge is -2.10. The molecule has 1 aliphatic rings. The van der Waals surface area contributed by atoms with Crippen molar-refractivity contribution < 1.29 is 17.9 Å². The lowest BCUT2D eigenvalue weighted by Crippen LogP contribution is -2.29. The van der Waals surface area contributed by atoms with Crippen LogP contribution in [0.25, 0.3) is 0 Å². The van der Waals surface area contributed by atoms with Crippen LogP contribution in [0.3, 0.4) is 0 Å². The van der Waals surface area contributed by atoms with Gasteiger partial charge in [0.1, 0.15) is 0 Å². The zero-order valence-corrected chi connectivity index (χ0v) is 12.1. The van der Waals surface area contributed by atoms with E-state index in [0.29, 0.717) is 25.3 Å². The molecule has 6 nitrogen and oxygen atoms in total. The molecule has 0 spiro atoms. The summed E-state index contributed by atoms with van der Waals surface area (Å²) in [6.45, 7) is 1.66. The number of benzene rings is 1. The molecular formula is C13H18N2O4S. The number of ether oxygens (including phenoxy) is 1. The summed E-state index contributed by atoms with van der Waals surface area (Å²) >= 11 is 0. The molecule has 20 heavy (non-hydrogen) atoms. The van der Waals surface area contributed by atoms with Crippen molar-refractivity contribution >= 4 is 15.9 Å². The van der Waals surface area contributed by atoms with E-state index in [2.05, 4.69) is 10.0 Å². The van der Waals surface area contributed by atoms with E-state index in [9.17, 15) is 13.2 Å². The number of hydrogen-bond acceptors (Lipinski definition) is 4. The summed E-state index contributed by atoms with van der Waals surface area (Å²) in [6, 6.07) is 5.84. The fourth-order valence-electron chi connectivity index (χ4n) is 1.99. The van der Waals surface area contributed by atoms with Crippen LogP contribution in [0.5, 0.6) is 0 Å². The van der Waals surface area contributed by atoms with E-state index in [1.807, 2.05) is 0 Å². The molecule has 0 aromatic heterocycles. The molecule has 1 amide bonds. The van der Waals surface area contributed by atoms with Crippen LogP contribution in [-0.2, 0) is 14.8 Å². The highest BCUT2D eigenvalue weighted by Crippen LogP contribution is 2.14. The van der Waals surface area contributed by atoms with Gasteiger partial charge in [0.2, 0.25) is 10.0 Å². The number of sulfonamides is 1. The zero-order chi connectivity index (χ0) is 14.6. The maximum Gasteiger partial charge on any atom is 0.251 e. The summed E-state index contributed by atoms with van der Waals surface area (Å²) < 4.78 is 31.9. The first kappa shape index (κ1) is 15.0. The second kappa shape index (κ2) is 6.34. The monoisotopic (exact) mass is 298 g/mol. The summed E-state index contributed by atoms with van der Waals surface area (Å²) in [5.74, 6) is -0.0140. The van der Waals surface area contributed by atoms with E-state index in [0.717, 1.165) is 6.42 Å². The molecule has 7 heteroatoms. The van der Waals surface area contributed by atoms with Crippen molar-refractivity contribution in [3.63, 3.8) is 0 Å². The van der Waals surface area contributed by atoms with E-state index in [-0.39, 0.29) is 16.7 Å². The Hall–Kier alpha value is -1.44. The number of rotatable bonds is 5. The molecule has 110 valence electrons. The van der Waals surface area contributed by atoms with E-state index < -0.39 is 10.0 Å². The molecule has 1 aromatic rings. The molecule has 2 N–H and O–H groups in total. The topological polar surface area (TPSA) is 84.5 Å². The summed E-state index contributed by atoms with van der Waals surface area (Å²) in [4.78, 5) is 11.5. The second-order valence-corrected chi connectivity index (χ2v) is 6.45. The number of amides is 1. The molecule has 0 saturated carbocycles. The van der Waals surface area contributed by atoms with E-state index in [1.54, 1.807) is 0 Å². The van der Waals surface area contributed by atoms with Gasteiger partial charge < -0.3 is 10.1 Å². The van der Waals surface area contributed by atoms with Gasteiger partial charge in [0, 0.05) is 25.8 Å². The van der Waals surface area contributed by atoms with Crippen LogP contribution < -0.4 is 10.0 Å². The SMILES string of the molecule is CNC(=O)c1ccc(S(=O)(=O)NCC2CCOC2)cc1. The van der Waals surface area contributed by atoms with E-state index >= 15 is 0 Å². The van der Waals surface area contributed by atoms with Gasteiger partial charge >= 0.3 is 0 Å². The first-order chi connectivity index (χ1) is 9.53. The molecular weight excluding hydrogens is 280 g/mol. The highest BCUT2D eigenvalue weighted by Gasteiger charge is 2.20. The normalized spacial score (nSPS) is 18.9. The van der Waals surface area contributed by atoms with Crippen LogP contribution in [-0.4, -0.2) is 41.1 Å². The van der Waals surface area contributed by atoms with Gasteiger partial charge in [-0.1, -0.05) is 0 Å². The minimum Gasteiger partial charge on any atom is -0.381 e. The fraction of sp³-hybridized carbons (Fsp3) is 0.462. The number of carbonyl (C=O) groups is 1. The Bertz CT molecular complexity index is 563. The van der Waals surface area contributed by atoms with Crippen LogP contribution in [0.15, 0.2) is 29.2 Å². The van der Waals surface area contributed by atoms with Crippen LogP contribution in [0.4, 0.5) is 0 Å². The van der Waals surface area contributed by atoms with Crippen molar-refractivity contribution in [2.45, 2.75) is 11.3 Å². The molecule has 1 aliphatic heterocycles. The van der Waals surface area contributed by atoms with Crippen LogP contribution in [0.1, 0.15) is 16.8 Å². The molecule has 0 radical (unpaired) electrons. The van der Waals surface area contributed by atoms with Crippen molar-refractivity contribution in [1.29, 1.82) is 0 Å². The molecule has 1 atom stereocenters. The van der Waals surface area contributed by atoms with Gasteiger partial charge in [0.05, 0.1) is 11.5 Å². The lowest BCUT2D eigenvalue weighted by atomic mass is 10.1. The lowest BCUT2D eigenvalue weighted by molar-refractivity contribution is 0.0963. The minimum atomic E-state index is -3.53. The highest BCUT2D eigenvalue weighted by atomic mass is 32.2. The van der Waals surface area contributed by atoms with Crippen molar-refractivity contribution in [1.82, 2.24) is 10.0 Å². The summed E-state index contributed by atoms with van der Waals surface area (Å²) in [5, 5.41) is 2.48. The minimum absolute atomic E-state index is 0.157. The third kappa shape index (κ3) is 3.56. The summed E-state index contributed by atoms with van der Waals surface area (Å²) in [6.07, 6.45) is 0.873. The van der Waals surface area contributed by atoms with Crippen molar-refractivity contribution in [2.75, 3.05) is 26.8 Å². The smallest absolute Gasteiger partial charge is 0.251 e. The van der Waals surface area contributed by atoms with Gasteiger partial charge in [-0.3, -0.25) is 4.79 Å². The Morgan fingerprint density at radius 1 is 1.35 bits per heavy atom. The van der Waals surface area contributed by atoms with Gasteiger partial charge in [0.25, 0.3) is 5.91 Å². The predicted molar refractivity (Wildman–Crippen MR) is 73.9 cm³/mol. The molecule has 1 aromatic carbocycles. The van der Waals surface area contributed by atoms with E-state index in [1.165, 1.54) is 31.3 Å². The van der Waals surface area contributed by atoms with Crippen molar-refractivity contribution in [2.24, 2.45) is 5.92 Å². The Kier molecular flexibility index (Phi) is 4.74. The van der Waals surface area contributed by atoms with Crippen LogP contribution in [0, 0.1) is 5.92 Å². The van der Waals surface area contributed by atoms with Gasteiger partial charge in [-0.05, 0) is 36.6 Å². The fourth-order valence-corrected chi connectivity index (χ4v) is 3.10. The average molecular weight is 298 g/mol. The largest absolute Gasteiger partial charge is 0.381 e. The third-order valence-electron chi connectivity index (χ3n) is 3.24. The first-order valence-corrected chi connectivity index (χ1v) is 7.91. The molecule has 1 saturated heterocycles. The Morgan fingerprint density at radius 2 is 2.05 bits per heavy atom. The summed E-state index contributed by atoms with van der Waals surface area (Å²) in [5.41, 5.74) is 0.427. The van der Waals surface area contributed by atoms with Gasteiger partial charge in [-0.15, -0.1) is 0 Å². The van der Waals surface area contributed by atoms with Gasteiger partial charge in [0.15, 0.2) is 0 Å².